The molecule has 0 aromatic carbocycles. The van der Waals surface area contributed by atoms with Gasteiger partial charge in [-0.1, -0.05) is 0 Å². The zero-order chi connectivity index (χ0) is 7.98. The van der Waals surface area contributed by atoms with Gasteiger partial charge in [-0.25, -0.2) is 4.79 Å². The molecule has 0 heterocycles. The predicted octanol–water partition coefficient (Wildman–Crippen LogP) is -2.21. The number of quaternary nitrogens is 2. The lowest BCUT2D eigenvalue weighted by molar-refractivity contribution is -0.415. The van der Waals surface area contributed by atoms with Crippen molar-refractivity contribution in [2.24, 2.45) is 0 Å². The molecule has 0 fully saturated rings. The van der Waals surface area contributed by atoms with E-state index in [0.29, 0.717) is 0 Å². The van der Waals surface area contributed by atoms with Gasteiger partial charge < -0.3 is 16.2 Å². The van der Waals surface area contributed by atoms with Gasteiger partial charge >= 0.3 is 5.97 Å². The molecule has 4 nitrogen and oxygen atoms in total. The number of methoxy groups -OCH3 is 1. The lowest BCUT2D eigenvalue weighted by Gasteiger charge is -2.02. The summed E-state index contributed by atoms with van der Waals surface area (Å²) < 4.78 is 4.49. The molecule has 0 saturated carbocycles. The minimum Gasteiger partial charge on any atom is -0.465 e. The van der Waals surface area contributed by atoms with Gasteiger partial charge in [0.2, 0.25) is 0 Å². The van der Waals surface area contributed by atoms with Crippen LogP contribution in [-0.4, -0.2) is 25.7 Å². The summed E-state index contributed by atoms with van der Waals surface area (Å²) in [6.07, 6.45) is 1.71. The smallest absolute Gasteiger partial charge is 0.364 e. The van der Waals surface area contributed by atoms with Crippen molar-refractivity contribution in [1.82, 2.24) is 0 Å². The first-order valence-corrected chi connectivity index (χ1v) is 3.42. The van der Waals surface area contributed by atoms with Gasteiger partial charge in [0.15, 0.2) is 6.04 Å². The molecule has 0 amide bonds. The van der Waals surface area contributed by atoms with Gasteiger partial charge in [0.25, 0.3) is 0 Å². The number of carbonyl (C=O) groups is 1. The van der Waals surface area contributed by atoms with Gasteiger partial charge in [0, 0.05) is 12.8 Å². The van der Waals surface area contributed by atoms with Crippen LogP contribution in [0.4, 0.5) is 0 Å². The highest BCUT2D eigenvalue weighted by Crippen LogP contribution is 1.91. The maximum absolute atomic E-state index is 10.7. The fraction of sp³-hybridized carbons (Fsp3) is 0.833. The number of carbonyl (C=O) groups excluding carboxylic acids is 1. The zero-order valence-corrected chi connectivity index (χ0v) is 6.43. The van der Waals surface area contributed by atoms with E-state index < -0.39 is 0 Å². The number of esters is 1. The van der Waals surface area contributed by atoms with Crippen LogP contribution in [0.25, 0.3) is 0 Å². The molecule has 0 bridgehead atoms. The van der Waals surface area contributed by atoms with Crippen molar-refractivity contribution < 1.29 is 21.0 Å². The van der Waals surface area contributed by atoms with E-state index in [1.807, 2.05) is 0 Å². The summed E-state index contributed by atoms with van der Waals surface area (Å²) in [5, 5.41) is 0. The Morgan fingerprint density at radius 3 is 2.70 bits per heavy atom. The van der Waals surface area contributed by atoms with Gasteiger partial charge in [-0.15, -0.1) is 0 Å². The van der Waals surface area contributed by atoms with Crippen LogP contribution in [0.5, 0.6) is 0 Å². The van der Waals surface area contributed by atoms with Crippen LogP contribution in [0.15, 0.2) is 0 Å². The average Bonchev–Trinajstić information content (AvgIpc) is 1.98. The highest BCUT2D eigenvalue weighted by Gasteiger charge is 2.16. The van der Waals surface area contributed by atoms with Crippen molar-refractivity contribution in [2.75, 3.05) is 13.7 Å². The Bertz CT molecular complexity index is 106. The van der Waals surface area contributed by atoms with E-state index in [1.54, 1.807) is 0 Å². The summed E-state index contributed by atoms with van der Waals surface area (Å²) in [6, 6.07) is -0.216. The van der Waals surface area contributed by atoms with Crippen LogP contribution in [0.3, 0.4) is 0 Å². The minimum absolute atomic E-state index is 0.216. The van der Waals surface area contributed by atoms with Gasteiger partial charge in [0.1, 0.15) is 0 Å². The molecule has 0 aromatic heterocycles. The van der Waals surface area contributed by atoms with E-state index in [-0.39, 0.29) is 12.0 Å². The van der Waals surface area contributed by atoms with Crippen LogP contribution in [0, 0.1) is 0 Å². The Hall–Kier alpha value is -0.610. The zero-order valence-electron chi connectivity index (χ0n) is 6.43. The molecule has 0 aliphatic heterocycles. The summed E-state index contributed by atoms with van der Waals surface area (Å²) in [5.41, 5.74) is 7.31. The number of rotatable bonds is 4. The Morgan fingerprint density at radius 1 is 1.70 bits per heavy atom. The number of hydrogen-bond donors (Lipinski definition) is 2. The van der Waals surface area contributed by atoms with Gasteiger partial charge in [0.05, 0.1) is 13.7 Å². The summed E-state index contributed by atoms with van der Waals surface area (Å²) in [6.45, 7) is 0.850. The average molecular weight is 148 g/mol. The molecule has 10 heavy (non-hydrogen) atoms. The molecule has 1 atom stereocenters. The SMILES string of the molecule is COC(=O)[C@H]([NH3+])CCC[NH3+]. The Kier molecular flexibility index (Phi) is 4.88. The number of hydrogen-bond acceptors (Lipinski definition) is 2. The molecule has 0 rings (SSSR count). The maximum atomic E-state index is 10.7. The summed E-state index contributed by atoms with van der Waals surface area (Å²) in [5.74, 6) is -0.228. The quantitative estimate of drug-likeness (QED) is 0.443. The monoisotopic (exact) mass is 148 g/mol. The maximum Gasteiger partial charge on any atom is 0.364 e. The van der Waals surface area contributed by atoms with E-state index >= 15 is 0 Å². The molecular weight excluding hydrogens is 132 g/mol. The van der Waals surface area contributed by atoms with E-state index in [9.17, 15) is 4.79 Å². The molecule has 6 N–H and O–H groups in total. The highest BCUT2D eigenvalue weighted by atomic mass is 16.5. The molecular formula is C6H16N2O2+2. The van der Waals surface area contributed by atoms with E-state index in [1.165, 1.54) is 7.11 Å². The first kappa shape index (κ1) is 9.39. The minimum atomic E-state index is -0.228. The predicted molar refractivity (Wildman–Crippen MR) is 35.7 cm³/mol. The Balaban J connectivity index is 3.41. The third kappa shape index (κ3) is 3.42. The van der Waals surface area contributed by atoms with E-state index in [0.717, 1.165) is 19.4 Å². The van der Waals surface area contributed by atoms with Crippen LogP contribution in [0.1, 0.15) is 12.8 Å². The second-order valence-electron chi connectivity index (χ2n) is 2.22. The molecule has 0 radical (unpaired) electrons. The van der Waals surface area contributed by atoms with Crippen molar-refractivity contribution in [3.05, 3.63) is 0 Å². The fourth-order valence-corrected chi connectivity index (χ4v) is 0.675. The third-order valence-electron chi connectivity index (χ3n) is 1.34. The van der Waals surface area contributed by atoms with Crippen molar-refractivity contribution in [1.29, 1.82) is 0 Å². The number of ether oxygens (including phenoxy) is 1. The van der Waals surface area contributed by atoms with Gasteiger partial charge in [-0.05, 0) is 0 Å². The van der Waals surface area contributed by atoms with Gasteiger partial charge in [-0.3, -0.25) is 0 Å². The van der Waals surface area contributed by atoms with E-state index in [4.69, 9.17) is 0 Å². The molecule has 0 aliphatic carbocycles. The molecule has 0 spiro atoms. The third-order valence-corrected chi connectivity index (χ3v) is 1.34. The van der Waals surface area contributed by atoms with Gasteiger partial charge in [-0.2, -0.15) is 0 Å². The largest absolute Gasteiger partial charge is 0.465 e. The van der Waals surface area contributed by atoms with Crippen LogP contribution < -0.4 is 11.5 Å². The Labute approximate surface area is 60.5 Å². The summed E-state index contributed by atoms with van der Waals surface area (Å²) >= 11 is 0. The lowest BCUT2D eigenvalue weighted by atomic mass is 10.2. The topological polar surface area (TPSA) is 81.6 Å². The van der Waals surface area contributed by atoms with E-state index in [2.05, 4.69) is 16.2 Å². The first-order chi connectivity index (χ1) is 4.72. The van der Waals surface area contributed by atoms with Crippen LogP contribution >= 0.6 is 0 Å². The highest BCUT2D eigenvalue weighted by molar-refractivity contribution is 5.73. The molecule has 0 unspecified atom stereocenters. The van der Waals surface area contributed by atoms with Crippen LogP contribution in [-0.2, 0) is 9.53 Å². The Morgan fingerprint density at radius 2 is 2.30 bits per heavy atom. The van der Waals surface area contributed by atoms with Crippen molar-refractivity contribution in [2.45, 2.75) is 18.9 Å². The lowest BCUT2D eigenvalue weighted by Crippen LogP contribution is -2.65. The fourth-order valence-electron chi connectivity index (χ4n) is 0.675. The summed E-state index contributed by atoms with van der Waals surface area (Å²) in [7, 11) is 1.38. The second-order valence-corrected chi connectivity index (χ2v) is 2.22. The van der Waals surface area contributed by atoms with Crippen molar-refractivity contribution >= 4 is 5.97 Å². The molecule has 4 heteroatoms. The van der Waals surface area contributed by atoms with Crippen LogP contribution in [0.2, 0.25) is 0 Å². The second kappa shape index (κ2) is 5.20. The van der Waals surface area contributed by atoms with Crippen molar-refractivity contribution in [3.8, 4) is 0 Å². The molecule has 0 aliphatic rings. The normalized spacial score (nSPS) is 12.7. The summed E-state index contributed by atoms with van der Waals surface area (Å²) in [4.78, 5) is 10.7. The molecule has 0 aromatic rings. The van der Waals surface area contributed by atoms with Crippen molar-refractivity contribution in [3.63, 3.8) is 0 Å². The molecule has 0 saturated heterocycles. The molecule has 60 valence electrons. The standard InChI is InChI=1S/C6H14N2O2/c1-10-6(9)5(8)3-2-4-7/h5H,2-4,7-8H2,1H3/p+2/t5-/m1/s1. The first-order valence-electron chi connectivity index (χ1n) is 3.42.